The first-order valence-electron chi connectivity index (χ1n) is 13.6. The van der Waals surface area contributed by atoms with Gasteiger partial charge < -0.3 is 29.2 Å². The third-order valence-electron chi connectivity index (χ3n) is 6.97. The molecule has 0 aliphatic carbocycles. The number of pyridine rings is 1. The standard InChI is InChI=1S/C29H34FN7O5/c1-16-11-35(12-17(2)37(16)28(40)42-29(3,4)5)23-8-7-20(24-21(23)10-31-27(34-24)41-6)26(39)33-18-9-22(30)25-32-19(15-38)14-36(25)13-18/h7-10,13-14,16-17,38H,11-12,15H2,1-6H3,(H,33,39)/t16-,17+. The zero-order valence-corrected chi connectivity index (χ0v) is 24.4. The second-order valence-electron chi connectivity index (χ2n) is 11.4. The van der Waals surface area contributed by atoms with E-state index in [2.05, 4.69) is 25.2 Å². The van der Waals surface area contributed by atoms with Crippen LogP contribution < -0.4 is 15.0 Å². The molecule has 1 aliphatic rings. The lowest BCUT2D eigenvalue weighted by atomic mass is 10.0. The maximum atomic E-state index is 14.7. The maximum Gasteiger partial charge on any atom is 0.410 e. The average Bonchev–Trinajstić information content (AvgIpc) is 3.34. The highest BCUT2D eigenvalue weighted by Gasteiger charge is 2.36. The molecule has 4 aromatic rings. The van der Waals surface area contributed by atoms with Crippen LogP contribution in [-0.4, -0.2) is 79.2 Å². The number of carbonyl (C=O) groups excluding carboxylic acids is 2. The summed E-state index contributed by atoms with van der Waals surface area (Å²) < 4.78 is 27.0. The van der Waals surface area contributed by atoms with E-state index in [9.17, 15) is 19.1 Å². The molecule has 222 valence electrons. The highest BCUT2D eigenvalue weighted by atomic mass is 19.1. The van der Waals surface area contributed by atoms with E-state index in [1.54, 1.807) is 17.2 Å². The number of aliphatic hydroxyl groups is 1. The Balaban J connectivity index is 1.46. The number of rotatable bonds is 5. The van der Waals surface area contributed by atoms with Crippen LogP contribution in [0.1, 0.15) is 50.7 Å². The number of methoxy groups -OCH3 is 1. The van der Waals surface area contributed by atoms with Gasteiger partial charge in [-0.15, -0.1) is 0 Å². The van der Waals surface area contributed by atoms with Crippen LogP contribution in [0.4, 0.5) is 20.6 Å². The van der Waals surface area contributed by atoms with Crippen LogP contribution in [0.3, 0.4) is 0 Å². The lowest BCUT2D eigenvalue weighted by molar-refractivity contribution is 0.00566. The third-order valence-corrected chi connectivity index (χ3v) is 6.97. The van der Waals surface area contributed by atoms with E-state index in [4.69, 9.17) is 9.47 Å². The number of aromatic nitrogens is 4. The number of halogens is 1. The number of benzene rings is 1. The number of ether oxygens (including phenoxy) is 2. The Labute approximate surface area is 242 Å². The summed E-state index contributed by atoms with van der Waals surface area (Å²) in [5, 5.41) is 12.7. The number of carbonyl (C=O) groups is 2. The molecule has 5 rings (SSSR count). The molecular weight excluding hydrogens is 545 g/mol. The van der Waals surface area contributed by atoms with Crippen molar-refractivity contribution in [2.24, 2.45) is 0 Å². The van der Waals surface area contributed by atoms with E-state index in [1.807, 2.05) is 40.7 Å². The Morgan fingerprint density at radius 3 is 2.50 bits per heavy atom. The summed E-state index contributed by atoms with van der Waals surface area (Å²) in [5.74, 6) is -1.16. The molecule has 2 N–H and O–H groups in total. The summed E-state index contributed by atoms with van der Waals surface area (Å²) in [7, 11) is 1.44. The number of aliphatic hydroxyl groups excluding tert-OH is 1. The molecule has 0 saturated carbocycles. The minimum atomic E-state index is -0.648. The molecule has 0 spiro atoms. The molecule has 3 aromatic heterocycles. The van der Waals surface area contributed by atoms with Crippen molar-refractivity contribution in [3.63, 3.8) is 0 Å². The van der Waals surface area contributed by atoms with Gasteiger partial charge >= 0.3 is 12.1 Å². The second-order valence-corrected chi connectivity index (χ2v) is 11.4. The van der Waals surface area contributed by atoms with Crippen LogP contribution in [0.2, 0.25) is 0 Å². The predicted molar refractivity (Wildman–Crippen MR) is 154 cm³/mol. The zero-order valence-electron chi connectivity index (χ0n) is 24.4. The van der Waals surface area contributed by atoms with Gasteiger partial charge in [-0.2, -0.15) is 4.98 Å². The third kappa shape index (κ3) is 5.64. The van der Waals surface area contributed by atoms with Crippen molar-refractivity contribution in [3.05, 3.63) is 53.9 Å². The number of piperazine rings is 1. The van der Waals surface area contributed by atoms with Crippen molar-refractivity contribution >= 4 is 39.9 Å². The molecule has 1 aromatic carbocycles. The topological polar surface area (TPSA) is 134 Å². The highest BCUT2D eigenvalue weighted by molar-refractivity contribution is 6.13. The molecule has 1 fully saturated rings. The first kappa shape index (κ1) is 29.0. The fraction of sp³-hybridized carbons (Fsp3) is 0.414. The van der Waals surface area contributed by atoms with E-state index in [0.29, 0.717) is 29.7 Å². The number of nitrogens with one attached hydrogen (secondary N) is 1. The van der Waals surface area contributed by atoms with Crippen LogP contribution in [-0.2, 0) is 11.3 Å². The van der Waals surface area contributed by atoms with Gasteiger partial charge in [0.2, 0.25) is 0 Å². The molecule has 0 bridgehead atoms. The van der Waals surface area contributed by atoms with Gasteiger partial charge in [0.25, 0.3) is 5.91 Å². The van der Waals surface area contributed by atoms with E-state index in [-0.39, 0.29) is 47.7 Å². The van der Waals surface area contributed by atoms with Crippen LogP contribution >= 0.6 is 0 Å². The van der Waals surface area contributed by atoms with Crippen LogP contribution in [0.5, 0.6) is 6.01 Å². The van der Waals surface area contributed by atoms with Gasteiger partial charge in [0.05, 0.1) is 48.3 Å². The zero-order chi connectivity index (χ0) is 30.3. The highest BCUT2D eigenvalue weighted by Crippen LogP contribution is 2.33. The van der Waals surface area contributed by atoms with Crippen LogP contribution in [0, 0.1) is 5.82 Å². The van der Waals surface area contributed by atoms with Gasteiger partial charge in [0, 0.05) is 48.8 Å². The Hall–Kier alpha value is -4.52. The van der Waals surface area contributed by atoms with Crippen molar-refractivity contribution in [3.8, 4) is 6.01 Å². The molecule has 13 heteroatoms. The number of hydrogen-bond donors (Lipinski definition) is 2. The normalized spacial score (nSPS) is 17.5. The SMILES string of the molecule is COc1ncc2c(N3C[C@@H](C)N(C(=O)OC(C)(C)C)[C@@H](C)C3)ccc(C(=O)Nc3cc(F)c4nc(CO)cn4c3)c2n1. The van der Waals surface area contributed by atoms with Gasteiger partial charge in [-0.05, 0) is 46.8 Å². The number of nitrogens with zero attached hydrogens (tertiary/aromatic N) is 6. The summed E-state index contributed by atoms with van der Waals surface area (Å²) in [6.45, 7) is 10.2. The lowest BCUT2D eigenvalue weighted by Gasteiger charge is -2.45. The molecule has 2 atom stereocenters. The van der Waals surface area contributed by atoms with Crippen molar-refractivity contribution in [1.29, 1.82) is 0 Å². The summed E-state index contributed by atoms with van der Waals surface area (Å²) >= 11 is 0. The minimum absolute atomic E-state index is 0.0413. The number of fused-ring (bicyclic) bond motifs is 2. The smallest absolute Gasteiger partial charge is 0.410 e. The minimum Gasteiger partial charge on any atom is -0.467 e. The fourth-order valence-corrected chi connectivity index (χ4v) is 5.29. The van der Waals surface area contributed by atoms with Crippen molar-refractivity contribution in [2.75, 3.05) is 30.4 Å². The molecule has 12 nitrogen and oxygen atoms in total. The van der Waals surface area contributed by atoms with E-state index in [1.165, 1.54) is 30.0 Å². The van der Waals surface area contributed by atoms with Crippen molar-refractivity contribution in [1.82, 2.24) is 24.3 Å². The van der Waals surface area contributed by atoms with Crippen LogP contribution in [0.25, 0.3) is 16.6 Å². The van der Waals surface area contributed by atoms with E-state index >= 15 is 0 Å². The van der Waals surface area contributed by atoms with E-state index in [0.717, 1.165) is 5.69 Å². The van der Waals surface area contributed by atoms with E-state index < -0.39 is 17.3 Å². The molecule has 0 radical (unpaired) electrons. The molecule has 0 unspecified atom stereocenters. The first-order chi connectivity index (χ1) is 19.9. The number of anilines is 2. The molecular formula is C29H34FN7O5. The summed E-state index contributed by atoms with van der Waals surface area (Å²) in [6.07, 6.45) is 4.25. The van der Waals surface area contributed by atoms with Gasteiger partial charge in [0.1, 0.15) is 5.60 Å². The Kier molecular flexibility index (Phi) is 7.62. The maximum absolute atomic E-state index is 14.7. The monoisotopic (exact) mass is 579 g/mol. The molecule has 4 heterocycles. The Morgan fingerprint density at radius 2 is 1.86 bits per heavy atom. The number of imidazole rings is 1. The number of amides is 2. The lowest BCUT2D eigenvalue weighted by Crippen LogP contribution is -2.59. The average molecular weight is 580 g/mol. The van der Waals surface area contributed by atoms with Gasteiger partial charge in [-0.25, -0.2) is 19.2 Å². The van der Waals surface area contributed by atoms with Gasteiger partial charge in [-0.1, -0.05) is 0 Å². The Morgan fingerprint density at radius 1 is 1.14 bits per heavy atom. The first-order valence-corrected chi connectivity index (χ1v) is 13.6. The number of hydrogen-bond acceptors (Lipinski definition) is 9. The second kappa shape index (κ2) is 11.0. The molecule has 42 heavy (non-hydrogen) atoms. The fourth-order valence-electron chi connectivity index (χ4n) is 5.29. The summed E-state index contributed by atoms with van der Waals surface area (Å²) in [6, 6.07) is 4.43. The van der Waals surface area contributed by atoms with Crippen molar-refractivity contribution in [2.45, 2.75) is 58.9 Å². The molecule has 1 saturated heterocycles. The summed E-state index contributed by atoms with van der Waals surface area (Å²) in [4.78, 5) is 43.1. The predicted octanol–water partition coefficient (Wildman–Crippen LogP) is 4.00. The van der Waals surface area contributed by atoms with Gasteiger partial charge in [-0.3, -0.25) is 9.69 Å². The Bertz CT molecular complexity index is 1660. The quantitative estimate of drug-likeness (QED) is 0.360. The van der Waals surface area contributed by atoms with Gasteiger partial charge in [0.15, 0.2) is 11.5 Å². The van der Waals surface area contributed by atoms with Crippen LogP contribution in [0.15, 0.2) is 36.8 Å². The molecule has 2 amide bonds. The van der Waals surface area contributed by atoms with Crippen molar-refractivity contribution < 1.29 is 28.6 Å². The largest absolute Gasteiger partial charge is 0.467 e. The molecule has 1 aliphatic heterocycles. The summed E-state index contributed by atoms with van der Waals surface area (Å²) in [5.41, 5.74) is 1.34.